The summed E-state index contributed by atoms with van der Waals surface area (Å²) in [6.07, 6.45) is 5.25. The summed E-state index contributed by atoms with van der Waals surface area (Å²) in [5.74, 6) is -3.43. The van der Waals surface area contributed by atoms with Crippen molar-refractivity contribution in [2.24, 2.45) is 0 Å². The second-order valence-corrected chi connectivity index (χ2v) is 10.5. The van der Waals surface area contributed by atoms with Crippen LogP contribution in [0.1, 0.15) is 65.8 Å². The minimum atomic E-state index is -3.11. The van der Waals surface area contributed by atoms with Gasteiger partial charge in [-0.3, -0.25) is 14.4 Å². The Morgan fingerprint density at radius 3 is 2.38 bits per heavy atom. The van der Waals surface area contributed by atoms with Crippen molar-refractivity contribution in [2.45, 2.75) is 46.6 Å². The van der Waals surface area contributed by atoms with E-state index in [4.69, 9.17) is 0 Å². The monoisotopic (exact) mass is 573 g/mol. The third kappa shape index (κ3) is 7.78. The van der Waals surface area contributed by atoms with E-state index in [0.29, 0.717) is 42.6 Å². The maximum Gasteiger partial charge on any atom is 0.270 e. The molecule has 1 saturated heterocycles. The van der Waals surface area contributed by atoms with Crippen LogP contribution >= 0.6 is 11.3 Å². The van der Waals surface area contributed by atoms with Gasteiger partial charge in [0.25, 0.3) is 17.7 Å². The van der Waals surface area contributed by atoms with E-state index in [2.05, 4.69) is 32.2 Å². The van der Waals surface area contributed by atoms with E-state index in [9.17, 15) is 23.2 Å². The zero-order valence-electron chi connectivity index (χ0n) is 23.1. The van der Waals surface area contributed by atoms with Gasteiger partial charge in [0.1, 0.15) is 27.7 Å². The van der Waals surface area contributed by atoms with Crippen LogP contribution in [-0.2, 0) is 4.79 Å². The molecule has 2 N–H and O–H groups in total. The van der Waals surface area contributed by atoms with Gasteiger partial charge in [0.15, 0.2) is 0 Å². The molecule has 0 bridgehead atoms. The Kier molecular flexibility index (Phi) is 9.85. The lowest BCUT2D eigenvalue weighted by Crippen LogP contribution is -2.48. The Morgan fingerprint density at radius 2 is 1.77 bits per heavy atom. The van der Waals surface area contributed by atoms with E-state index in [-0.39, 0.29) is 27.7 Å². The number of hydrogen-bond acceptors (Lipinski definition) is 8. The Labute approximate surface area is 235 Å². The molecule has 3 heterocycles. The van der Waals surface area contributed by atoms with Gasteiger partial charge in [-0.2, -0.15) is 0 Å². The van der Waals surface area contributed by atoms with Crippen molar-refractivity contribution in [3.8, 4) is 0 Å². The van der Waals surface area contributed by atoms with Crippen LogP contribution in [0.15, 0.2) is 54.2 Å². The van der Waals surface area contributed by atoms with Crippen LogP contribution < -0.4 is 15.5 Å². The lowest BCUT2D eigenvalue weighted by atomic mass is 10.0. The molecule has 1 aliphatic rings. The summed E-state index contributed by atoms with van der Waals surface area (Å²) in [5.41, 5.74) is 0.471. The van der Waals surface area contributed by atoms with Gasteiger partial charge in [0.05, 0.1) is 12.2 Å². The molecular formula is C27H33F2N7O3S. The van der Waals surface area contributed by atoms with Crippen LogP contribution in [0.4, 0.5) is 14.6 Å². The first-order chi connectivity index (χ1) is 18.8. The maximum atomic E-state index is 14.0. The van der Waals surface area contributed by atoms with Gasteiger partial charge in [-0.25, -0.2) is 23.7 Å². The van der Waals surface area contributed by atoms with Crippen molar-refractivity contribution in [1.29, 1.82) is 0 Å². The van der Waals surface area contributed by atoms with Crippen LogP contribution in [-0.4, -0.2) is 69.7 Å². The molecule has 40 heavy (non-hydrogen) atoms. The predicted molar refractivity (Wildman–Crippen MR) is 149 cm³/mol. The molecule has 1 aliphatic heterocycles. The highest BCUT2D eigenvalue weighted by Crippen LogP contribution is 2.28. The van der Waals surface area contributed by atoms with Gasteiger partial charge in [-0.1, -0.05) is 12.7 Å². The lowest BCUT2D eigenvalue weighted by molar-refractivity contribution is -0.129. The molecule has 3 rings (SSSR count). The number of rotatable bonds is 9. The summed E-state index contributed by atoms with van der Waals surface area (Å²) >= 11 is 1.08. The zero-order chi connectivity index (χ0) is 29.6. The fourth-order valence-electron chi connectivity index (χ4n) is 4.01. The van der Waals surface area contributed by atoms with Crippen molar-refractivity contribution >= 4 is 34.9 Å². The number of piperazine rings is 1. The Balaban J connectivity index is 1.63. The molecule has 1 fully saturated rings. The van der Waals surface area contributed by atoms with Gasteiger partial charge < -0.3 is 20.4 Å². The molecule has 2 aromatic rings. The molecule has 13 heteroatoms. The largest absolute Gasteiger partial charge is 0.353 e. The average molecular weight is 574 g/mol. The fourth-order valence-corrected chi connectivity index (χ4v) is 4.83. The van der Waals surface area contributed by atoms with Crippen molar-refractivity contribution < 1.29 is 23.2 Å². The topological polar surface area (TPSA) is 120 Å². The standard InChI is InChI=1S/C27H33F2N7O3S/c1-7-16(2)20(27(6,28)29)12-17(3)33-25(39)22-14-30-26(40-22)18(4)34-24(38)21-13-23(32-15-31-21)36-10-8-35(9-11-36)19(5)37/h7,12-15,18H,1,8-11H2,2-6H3,(H,33,39)(H,34,38)/b17-12+,20-16+. The number of carbonyl (C=O) groups excluding carboxylic acids is 3. The number of amides is 3. The SMILES string of the molecule is C=C/C(C)=C(\C=C(/C)NC(=O)c1cnc(C(C)NC(=O)c2cc(N3CCN(C(C)=O)CC3)ncn2)s1)C(C)(F)F. The number of aromatic nitrogens is 3. The number of nitrogens with zero attached hydrogens (tertiary/aromatic N) is 5. The van der Waals surface area contributed by atoms with Gasteiger partial charge in [-0.15, -0.1) is 11.3 Å². The van der Waals surface area contributed by atoms with E-state index in [1.54, 1.807) is 17.9 Å². The molecule has 0 aromatic carbocycles. The number of carbonyl (C=O) groups is 3. The van der Waals surface area contributed by atoms with Crippen molar-refractivity contribution in [3.05, 3.63) is 69.7 Å². The molecule has 10 nitrogen and oxygen atoms in total. The summed E-state index contributed by atoms with van der Waals surface area (Å²) < 4.78 is 28.0. The number of hydrogen-bond donors (Lipinski definition) is 2. The lowest BCUT2D eigenvalue weighted by Gasteiger charge is -2.34. The van der Waals surface area contributed by atoms with E-state index >= 15 is 0 Å². The Bertz CT molecular complexity index is 1340. The molecule has 1 unspecified atom stereocenters. The molecule has 1 atom stereocenters. The highest BCUT2D eigenvalue weighted by Gasteiger charge is 2.28. The first kappa shape index (κ1) is 30.5. The highest BCUT2D eigenvalue weighted by molar-refractivity contribution is 7.13. The van der Waals surface area contributed by atoms with Crippen LogP contribution in [0.5, 0.6) is 0 Å². The number of halogens is 2. The first-order valence-corrected chi connectivity index (χ1v) is 13.4. The van der Waals surface area contributed by atoms with E-state index in [1.165, 1.54) is 45.4 Å². The van der Waals surface area contributed by atoms with Crippen LogP contribution in [0.25, 0.3) is 0 Å². The van der Waals surface area contributed by atoms with Crippen LogP contribution in [0, 0.1) is 0 Å². The molecule has 214 valence electrons. The second-order valence-electron chi connectivity index (χ2n) is 9.48. The van der Waals surface area contributed by atoms with Gasteiger partial charge >= 0.3 is 0 Å². The molecule has 0 saturated carbocycles. The molecule has 0 aliphatic carbocycles. The Hall–Kier alpha value is -4.00. The predicted octanol–water partition coefficient (Wildman–Crippen LogP) is 3.88. The maximum absolute atomic E-state index is 14.0. The minimum Gasteiger partial charge on any atom is -0.353 e. The molecular weight excluding hydrogens is 540 g/mol. The number of allylic oxidation sites excluding steroid dienone is 5. The molecule has 2 aromatic heterocycles. The highest BCUT2D eigenvalue weighted by atomic mass is 32.1. The van der Waals surface area contributed by atoms with Crippen molar-refractivity contribution in [2.75, 3.05) is 31.1 Å². The van der Waals surface area contributed by atoms with Gasteiger partial charge in [0.2, 0.25) is 5.91 Å². The number of alkyl halides is 2. The van der Waals surface area contributed by atoms with Crippen molar-refractivity contribution in [1.82, 2.24) is 30.5 Å². The van der Waals surface area contributed by atoms with E-state index in [0.717, 1.165) is 18.3 Å². The fraction of sp³-hybridized carbons (Fsp3) is 0.407. The zero-order valence-corrected chi connectivity index (χ0v) is 23.9. The van der Waals surface area contributed by atoms with Gasteiger partial charge in [0, 0.05) is 57.4 Å². The van der Waals surface area contributed by atoms with E-state index in [1.807, 2.05) is 4.90 Å². The number of nitrogens with one attached hydrogen (secondary N) is 2. The summed E-state index contributed by atoms with van der Waals surface area (Å²) in [5, 5.41) is 5.91. The molecule has 3 amide bonds. The number of thiazole rings is 1. The van der Waals surface area contributed by atoms with Crippen LogP contribution in [0.2, 0.25) is 0 Å². The summed E-state index contributed by atoms with van der Waals surface area (Å²) in [6.45, 7) is 13.0. The van der Waals surface area contributed by atoms with Gasteiger partial charge in [-0.05, 0) is 32.4 Å². The molecule has 0 spiro atoms. The second kappa shape index (κ2) is 12.9. The van der Waals surface area contributed by atoms with E-state index < -0.39 is 23.8 Å². The summed E-state index contributed by atoms with van der Waals surface area (Å²) in [6, 6.07) is 1.06. The van der Waals surface area contributed by atoms with Crippen LogP contribution in [0.3, 0.4) is 0 Å². The minimum absolute atomic E-state index is 0.0249. The van der Waals surface area contributed by atoms with Crippen molar-refractivity contribution in [3.63, 3.8) is 0 Å². The first-order valence-electron chi connectivity index (χ1n) is 12.6. The Morgan fingerprint density at radius 1 is 1.10 bits per heavy atom. The third-order valence-corrected chi connectivity index (χ3v) is 7.45. The smallest absolute Gasteiger partial charge is 0.270 e. The quantitative estimate of drug-likeness (QED) is 0.437. The molecule has 0 radical (unpaired) electrons. The number of anilines is 1. The third-order valence-electron chi connectivity index (χ3n) is 6.28. The normalized spacial score (nSPS) is 15.7. The summed E-state index contributed by atoms with van der Waals surface area (Å²) in [4.78, 5) is 53.8. The average Bonchev–Trinajstić information content (AvgIpc) is 3.42. The summed E-state index contributed by atoms with van der Waals surface area (Å²) in [7, 11) is 0.